The fourth-order valence-corrected chi connectivity index (χ4v) is 4.96. The van der Waals surface area contributed by atoms with Crippen LogP contribution in [-0.2, 0) is 4.79 Å². The number of alkyl halides is 3. The van der Waals surface area contributed by atoms with Gasteiger partial charge < -0.3 is 15.0 Å². The summed E-state index contributed by atoms with van der Waals surface area (Å²) in [6.07, 6.45) is -1.40. The maximum absolute atomic E-state index is 13.2. The SMILES string of the molecule is O=C(Nc1nnc(N[C@@H]2CCN(c3cccnn3)C2)s1)[C@@H](c1cccc(OC(F)(F)F)c1)N1CCC1. The normalized spacial score (nSPS) is 19.0. The van der Waals surface area contributed by atoms with Crippen LogP contribution in [0.4, 0.5) is 29.3 Å². The number of nitrogens with zero attached hydrogens (tertiary/aromatic N) is 6. The minimum Gasteiger partial charge on any atom is -0.406 e. The van der Waals surface area contributed by atoms with Crippen LogP contribution < -0.4 is 20.3 Å². The van der Waals surface area contributed by atoms with Crippen molar-refractivity contribution in [1.29, 1.82) is 0 Å². The van der Waals surface area contributed by atoms with E-state index in [1.54, 1.807) is 12.3 Å². The Hall–Kier alpha value is -3.52. The van der Waals surface area contributed by atoms with Gasteiger partial charge in [-0.1, -0.05) is 23.5 Å². The molecule has 36 heavy (non-hydrogen) atoms. The number of hydrogen-bond acceptors (Lipinski definition) is 10. The van der Waals surface area contributed by atoms with Gasteiger partial charge in [0.1, 0.15) is 11.8 Å². The summed E-state index contributed by atoms with van der Waals surface area (Å²) in [6, 6.07) is 8.62. The Morgan fingerprint density at radius 3 is 2.67 bits per heavy atom. The fraction of sp³-hybridized carbons (Fsp3) is 0.409. The van der Waals surface area contributed by atoms with E-state index < -0.39 is 18.3 Å². The van der Waals surface area contributed by atoms with E-state index in [0.717, 1.165) is 31.7 Å². The molecule has 10 nitrogen and oxygen atoms in total. The molecule has 2 atom stereocenters. The molecule has 190 valence electrons. The van der Waals surface area contributed by atoms with Crippen molar-refractivity contribution in [2.75, 3.05) is 41.7 Å². The first kappa shape index (κ1) is 24.2. The number of carbonyl (C=O) groups is 1. The molecular formula is C22H23F3N8O2S. The monoisotopic (exact) mass is 520 g/mol. The molecule has 2 aromatic heterocycles. The van der Waals surface area contributed by atoms with Crippen LogP contribution in [0.2, 0.25) is 0 Å². The third kappa shape index (κ3) is 5.82. The van der Waals surface area contributed by atoms with Crippen LogP contribution in [0.1, 0.15) is 24.4 Å². The second-order valence-electron chi connectivity index (χ2n) is 8.47. The van der Waals surface area contributed by atoms with Crippen LogP contribution in [0.15, 0.2) is 42.6 Å². The molecule has 2 aliphatic heterocycles. The van der Waals surface area contributed by atoms with E-state index in [1.165, 1.54) is 29.5 Å². The lowest BCUT2D eigenvalue weighted by Gasteiger charge is -2.37. The van der Waals surface area contributed by atoms with Crippen LogP contribution in [0, 0.1) is 0 Å². The zero-order chi connectivity index (χ0) is 25.1. The molecular weight excluding hydrogens is 497 g/mol. The van der Waals surface area contributed by atoms with Crippen molar-refractivity contribution in [2.45, 2.75) is 31.3 Å². The molecule has 1 aromatic carbocycles. The lowest BCUT2D eigenvalue weighted by molar-refractivity contribution is -0.274. The van der Waals surface area contributed by atoms with Gasteiger partial charge in [-0.15, -0.1) is 28.5 Å². The molecule has 2 fully saturated rings. The molecule has 0 bridgehead atoms. The Kier molecular flexibility index (Phi) is 6.87. The summed E-state index contributed by atoms with van der Waals surface area (Å²) < 4.78 is 42.0. The van der Waals surface area contributed by atoms with E-state index >= 15 is 0 Å². The van der Waals surface area contributed by atoms with Crippen LogP contribution in [0.5, 0.6) is 5.75 Å². The highest BCUT2D eigenvalue weighted by atomic mass is 32.1. The lowest BCUT2D eigenvalue weighted by atomic mass is 10.0. The van der Waals surface area contributed by atoms with Gasteiger partial charge in [0, 0.05) is 38.4 Å². The average molecular weight is 521 g/mol. The van der Waals surface area contributed by atoms with E-state index in [4.69, 9.17) is 0 Å². The summed E-state index contributed by atoms with van der Waals surface area (Å²) in [5.41, 5.74) is 0.409. The summed E-state index contributed by atoms with van der Waals surface area (Å²) in [6.45, 7) is 2.88. The Morgan fingerprint density at radius 1 is 1.11 bits per heavy atom. The minimum atomic E-state index is -4.81. The van der Waals surface area contributed by atoms with Gasteiger partial charge in [0.15, 0.2) is 5.82 Å². The van der Waals surface area contributed by atoms with Crippen molar-refractivity contribution in [1.82, 2.24) is 25.3 Å². The van der Waals surface area contributed by atoms with Gasteiger partial charge in [0.05, 0.1) is 0 Å². The topological polar surface area (TPSA) is 108 Å². The zero-order valence-corrected chi connectivity index (χ0v) is 19.8. The van der Waals surface area contributed by atoms with Gasteiger partial charge in [0.25, 0.3) is 0 Å². The Morgan fingerprint density at radius 2 is 1.94 bits per heavy atom. The Balaban J connectivity index is 1.23. The number of halogens is 3. The maximum Gasteiger partial charge on any atom is 0.573 e. The summed E-state index contributed by atoms with van der Waals surface area (Å²) in [5, 5.41) is 23.2. The minimum absolute atomic E-state index is 0.133. The number of carbonyl (C=O) groups excluding carboxylic acids is 1. The molecule has 2 saturated heterocycles. The number of amides is 1. The second-order valence-corrected chi connectivity index (χ2v) is 9.45. The number of ether oxygens (including phenoxy) is 1. The Bertz CT molecular complexity index is 1190. The molecule has 14 heteroatoms. The van der Waals surface area contributed by atoms with Crippen molar-refractivity contribution in [2.24, 2.45) is 0 Å². The van der Waals surface area contributed by atoms with Crippen molar-refractivity contribution in [3.8, 4) is 5.75 Å². The van der Waals surface area contributed by atoms with Crippen LogP contribution in [0.3, 0.4) is 0 Å². The predicted molar refractivity (Wildman–Crippen MR) is 127 cm³/mol. The highest BCUT2D eigenvalue weighted by Crippen LogP contribution is 2.32. The molecule has 2 N–H and O–H groups in total. The van der Waals surface area contributed by atoms with Crippen molar-refractivity contribution in [3.63, 3.8) is 0 Å². The smallest absolute Gasteiger partial charge is 0.406 e. The number of anilines is 3. The molecule has 1 amide bonds. The first-order valence-corrected chi connectivity index (χ1v) is 12.2. The molecule has 0 aliphatic carbocycles. The highest BCUT2D eigenvalue weighted by Gasteiger charge is 2.34. The van der Waals surface area contributed by atoms with Crippen LogP contribution in [-0.4, -0.2) is 69.8 Å². The summed E-state index contributed by atoms with van der Waals surface area (Å²) >= 11 is 1.20. The molecule has 4 heterocycles. The van der Waals surface area contributed by atoms with Gasteiger partial charge >= 0.3 is 6.36 Å². The summed E-state index contributed by atoms with van der Waals surface area (Å²) in [4.78, 5) is 17.2. The quantitative estimate of drug-likeness (QED) is 0.463. The predicted octanol–water partition coefficient (Wildman–Crippen LogP) is 3.30. The van der Waals surface area contributed by atoms with Crippen LogP contribution in [0.25, 0.3) is 0 Å². The van der Waals surface area contributed by atoms with E-state index in [2.05, 4.69) is 40.7 Å². The van der Waals surface area contributed by atoms with Crippen molar-refractivity contribution >= 4 is 33.3 Å². The van der Waals surface area contributed by atoms with Crippen LogP contribution >= 0.6 is 11.3 Å². The van der Waals surface area contributed by atoms with Crippen molar-refractivity contribution in [3.05, 3.63) is 48.2 Å². The number of hydrogen-bond donors (Lipinski definition) is 2. The first-order chi connectivity index (χ1) is 17.3. The van der Waals surface area contributed by atoms with E-state index in [9.17, 15) is 18.0 Å². The summed E-state index contributed by atoms with van der Waals surface area (Å²) in [7, 11) is 0. The number of benzene rings is 1. The van der Waals surface area contributed by atoms with Gasteiger partial charge in [-0.2, -0.15) is 5.10 Å². The van der Waals surface area contributed by atoms with E-state index in [1.807, 2.05) is 17.0 Å². The maximum atomic E-state index is 13.2. The van der Waals surface area contributed by atoms with Gasteiger partial charge in [0.2, 0.25) is 16.2 Å². The molecule has 2 aliphatic rings. The highest BCUT2D eigenvalue weighted by molar-refractivity contribution is 7.19. The molecule has 3 aromatic rings. The number of likely N-dealkylation sites (tertiary alicyclic amines) is 1. The molecule has 0 saturated carbocycles. The molecule has 5 rings (SSSR count). The third-order valence-electron chi connectivity index (χ3n) is 5.96. The third-order valence-corrected chi connectivity index (χ3v) is 6.73. The number of nitrogens with one attached hydrogen (secondary N) is 2. The number of aromatic nitrogens is 4. The van der Waals surface area contributed by atoms with Crippen molar-refractivity contribution < 1.29 is 22.7 Å². The fourth-order valence-electron chi connectivity index (χ4n) is 4.24. The molecule has 0 radical (unpaired) electrons. The molecule has 0 spiro atoms. The standard InChI is InChI=1S/C22H23F3N8O2S/c23-22(24,25)35-16-5-1-4-14(12-16)18(32-9-3-10-32)19(34)28-21-31-30-20(36-21)27-15-7-11-33(13-15)17-6-2-8-26-29-17/h1-2,4-6,8,12,15,18H,3,7,9-11,13H2,(H,27,30)(H,28,31,34)/t15-,18-/m1/s1. The molecule has 0 unspecified atom stereocenters. The second kappa shape index (κ2) is 10.2. The van der Waals surface area contributed by atoms with Gasteiger partial charge in [-0.3, -0.25) is 15.0 Å². The van der Waals surface area contributed by atoms with Gasteiger partial charge in [-0.05, 0) is 42.7 Å². The largest absolute Gasteiger partial charge is 0.573 e. The average Bonchev–Trinajstić information content (AvgIpc) is 3.45. The lowest BCUT2D eigenvalue weighted by Crippen LogP contribution is -2.45. The summed E-state index contributed by atoms with van der Waals surface area (Å²) in [5.74, 6) is 0.0535. The Labute approximate surface area is 208 Å². The first-order valence-electron chi connectivity index (χ1n) is 11.4. The zero-order valence-electron chi connectivity index (χ0n) is 19.0. The van der Waals surface area contributed by atoms with E-state index in [0.29, 0.717) is 28.9 Å². The van der Waals surface area contributed by atoms with Gasteiger partial charge in [-0.25, -0.2) is 0 Å². The van der Waals surface area contributed by atoms with E-state index in [-0.39, 0.29) is 11.8 Å². The number of rotatable bonds is 8.